The van der Waals surface area contributed by atoms with Gasteiger partial charge in [-0.3, -0.25) is 5.10 Å². The number of aromatic amines is 2. The second-order valence-electron chi connectivity index (χ2n) is 5.96. The second-order valence-corrected chi connectivity index (χ2v) is 7.48. The van der Waals surface area contributed by atoms with Crippen molar-refractivity contribution < 1.29 is 0 Å². The molecule has 3 aromatic heterocycles. The van der Waals surface area contributed by atoms with Crippen molar-refractivity contribution in [2.75, 3.05) is 0 Å². The monoisotopic (exact) mass is 376 g/mol. The Balaban J connectivity index is 1.69. The third kappa shape index (κ3) is 2.66. The van der Waals surface area contributed by atoms with E-state index in [9.17, 15) is 0 Å². The van der Waals surface area contributed by atoms with Crippen LogP contribution in [0.1, 0.15) is 0 Å². The summed E-state index contributed by atoms with van der Waals surface area (Å²) in [6.45, 7) is 0. The van der Waals surface area contributed by atoms with Crippen LogP contribution in [-0.2, 0) is 0 Å². The van der Waals surface area contributed by atoms with Crippen molar-refractivity contribution in [3.8, 4) is 11.3 Å². The van der Waals surface area contributed by atoms with Gasteiger partial charge < -0.3 is 4.98 Å². The molecule has 0 aliphatic rings. The van der Waals surface area contributed by atoms with Gasteiger partial charge in [-0.05, 0) is 54.1 Å². The fourth-order valence-corrected chi connectivity index (χ4v) is 4.21. The Morgan fingerprint density at radius 3 is 2.77 bits per heavy atom. The first kappa shape index (κ1) is 15.5. The average Bonchev–Trinajstić information content (AvgIpc) is 3.28. The summed E-state index contributed by atoms with van der Waals surface area (Å²) >= 11 is 7.73. The van der Waals surface area contributed by atoms with E-state index >= 15 is 0 Å². The number of benzene rings is 2. The van der Waals surface area contributed by atoms with Gasteiger partial charge >= 0.3 is 0 Å². The molecule has 0 unspecified atom stereocenters. The summed E-state index contributed by atoms with van der Waals surface area (Å²) in [4.78, 5) is 10.2. The Hall–Kier alpha value is -2.76. The first-order valence-corrected chi connectivity index (χ1v) is 9.31. The minimum Gasteiger partial charge on any atom is -0.338 e. The molecule has 2 N–H and O–H groups in total. The standard InChI is InChI=1S/C20H13ClN4S/c21-14-4-6-15(7-5-14)26-19-16-2-1-9-22-20(16)24-18(19)12-3-8-17-13(10-12)11-23-25-17/h1-11H,(H,22,24)(H,23,25). The average molecular weight is 377 g/mol. The maximum Gasteiger partial charge on any atom is 0.138 e. The van der Waals surface area contributed by atoms with Crippen LogP contribution in [0.5, 0.6) is 0 Å². The first-order valence-electron chi connectivity index (χ1n) is 8.11. The summed E-state index contributed by atoms with van der Waals surface area (Å²) in [5.74, 6) is 0. The molecular formula is C20H13ClN4S. The third-order valence-corrected chi connectivity index (χ3v) is 5.67. The van der Waals surface area contributed by atoms with Gasteiger partial charge in [-0.1, -0.05) is 29.4 Å². The molecule has 26 heavy (non-hydrogen) atoms. The predicted octanol–water partition coefficient (Wildman–Crippen LogP) is 5.91. The largest absolute Gasteiger partial charge is 0.338 e. The van der Waals surface area contributed by atoms with Crippen LogP contribution in [0, 0.1) is 0 Å². The van der Waals surface area contributed by atoms with Crippen molar-refractivity contribution in [3.05, 3.63) is 72.0 Å². The summed E-state index contributed by atoms with van der Waals surface area (Å²) in [6.07, 6.45) is 3.64. The van der Waals surface area contributed by atoms with Crippen LogP contribution in [-0.4, -0.2) is 20.2 Å². The lowest BCUT2D eigenvalue weighted by Crippen LogP contribution is -1.81. The number of rotatable bonds is 3. The van der Waals surface area contributed by atoms with Gasteiger partial charge in [-0.15, -0.1) is 0 Å². The van der Waals surface area contributed by atoms with E-state index in [0.29, 0.717) is 0 Å². The molecule has 0 spiro atoms. The number of hydrogen-bond acceptors (Lipinski definition) is 3. The Bertz CT molecular complexity index is 1220. The summed E-state index contributed by atoms with van der Waals surface area (Å²) < 4.78 is 0. The van der Waals surface area contributed by atoms with Crippen LogP contribution in [0.4, 0.5) is 0 Å². The summed E-state index contributed by atoms with van der Waals surface area (Å²) in [7, 11) is 0. The van der Waals surface area contributed by atoms with Gasteiger partial charge in [-0.2, -0.15) is 5.10 Å². The number of halogens is 1. The van der Waals surface area contributed by atoms with Gasteiger partial charge in [0, 0.05) is 31.8 Å². The molecule has 0 fully saturated rings. The fraction of sp³-hybridized carbons (Fsp3) is 0. The number of nitrogens with zero attached hydrogens (tertiary/aromatic N) is 2. The Morgan fingerprint density at radius 1 is 1.00 bits per heavy atom. The van der Waals surface area contributed by atoms with Crippen LogP contribution in [0.15, 0.2) is 76.8 Å². The fourth-order valence-electron chi connectivity index (χ4n) is 3.03. The van der Waals surface area contributed by atoms with E-state index < -0.39 is 0 Å². The lowest BCUT2D eigenvalue weighted by atomic mass is 10.1. The van der Waals surface area contributed by atoms with E-state index in [1.165, 1.54) is 0 Å². The quantitative estimate of drug-likeness (QED) is 0.411. The molecule has 5 aromatic rings. The third-order valence-electron chi connectivity index (χ3n) is 4.29. The Morgan fingerprint density at radius 2 is 1.88 bits per heavy atom. The molecule has 4 nitrogen and oxygen atoms in total. The highest BCUT2D eigenvalue weighted by molar-refractivity contribution is 7.99. The summed E-state index contributed by atoms with van der Waals surface area (Å²) in [5, 5.41) is 10.0. The van der Waals surface area contributed by atoms with Crippen molar-refractivity contribution in [2.24, 2.45) is 0 Å². The van der Waals surface area contributed by atoms with E-state index in [2.05, 4.69) is 38.4 Å². The predicted molar refractivity (Wildman–Crippen MR) is 107 cm³/mol. The highest BCUT2D eigenvalue weighted by Crippen LogP contribution is 2.41. The highest BCUT2D eigenvalue weighted by Gasteiger charge is 2.15. The Kier molecular flexibility index (Phi) is 3.69. The van der Waals surface area contributed by atoms with Crippen LogP contribution >= 0.6 is 23.4 Å². The smallest absolute Gasteiger partial charge is 0.138 e. The molecule has 3 heterocycles. The maximum atomic E-state index is 6.03. The molecular weight excluding hydrogens is 364 g/mol. The van der Waals surface area contributed by atoms with Gasteiger partial charge in [0.2, 0.25) is 0 Å². The summed E-state index contributed by atoms with van der Waals surface area (Å²) in [5.41, 5.74) is 4.07. The van der Waals surface area contributed by atoms with Gasteiger partial charge in [0.25, 0.3) is 0 Å². The zero-order chi connectivity index (χ0) is 17.5. The molecule has 0 saturated carbocycles. The SMILES string of the molecule is Clc1ccc(Sc2c(-c3ccc4[nH]ncc4c3)[nH]c3ncccc23)cc1. The molecule has 5 rings (SSSR count). The van der Waals surface area contributed by atoms with Crippen LogP contribution in [0.3, 0.4) is 0 Å². The van der Waals surface area contributed by atoms with Crippen molar-refractivity contribution in [2.45, 2.75) is 9.79 Å². The summed E-state index contributed by atoms with van der Waals surface area (Å²) in [6, 6.07) is 18.2. The van der Waals surface area contributed by atoms with Crippen molar-refractivity contribution in [1.82, 2.24) is 20.2 Å². The number of hydrogen-bond donors (Lipinski definition) is 2. The van der Waals surface area contributed by atoms with Crippen molar-refractivity contribution in [3.63, 3.8) is 0 Å². The van der Waals surface area contributed by atoms with Gasteiger partial charge in [0.05, 0.1) is 17.4 Å². The molecule has 2 aromatic carbocycles. The van der Waals surface area contributed by atoms with Crippen LogP contribution in [0.25, 0.3) is 33.2 Å². The van der Waals surface area contributed by atoms with E-state index in [-0.39, 0.29) is 0 Å². The zero-order valence-electron chi connectivity index (χ0n) is 13.5. The lowest BCUT2D eigenvalue weighted by Gasteiger charge is -2.06. The normalized spacial score (nSPS) is 11.4. The topological polar surface area (TPSA) is 57.4 Å². The molecule has 0 aliphatic carbocycles. The van der Waals surface area contributed by atoms with Crippen molar-refractivity contribution in [1.29, 1.82) is 0 Å². The van der Waals surface area contributed by atoms with E-state index in [4.69, 9.17) is 11.6 Å². The van der Waals surface area contributed by atoms with Gasteiger partial charge in [0.15, 0.2) is 0 Å². The second kappa shape index (κ2) is 6.20. The molecule has 0 bridgehead atoms. The molecule has 0 saturated heterocycles. The zero-order valence-corrected chi connectivity index (χ0v) is 15.1. The lowest BCUT2D eigenvalue weighted by molar-refractivity contribution is 1.12. The van der Waals surface area contributed by atoms with E-state index in [0.717, 1.165) is 48.0 Å². The molecule has 126 valence electrons. The number of fused-ring (bicyclic) bond motifs is 2. The molecule has 0 radical (unpaired) electrons. The van der Waals surface area contributed by atoms with Gasteiger partial charge in [-0.25, -0.2) is 4.98 Å². The first-order chi connectivity index (χ1) is 12.8. The molecule has 6 heteroatoms. The van der Waals surface area contributed by atoms with E-state index in [1.807, 2.05) is 42.6 Å². The number of aromatic nitrogens is 4. The van der Waals surface area contributed by atoms with Crippen LogP contribution < -0.4 is 0 Å². The molecule has 0 atom stereocenters. The maximum absolute atomic E-state index is 6.03. The molecule has 0 amide bonds. The number of pyridine rings is 1. The molecule has 0 aliphatic heterocycles. The Labute approximate surface area is 158 Å². The minimum absolute atomic E-state index is 0.737. The van der Waals surface area contributed by atoms with Crippen LogP contribution in [0.2, 0.25) is 5.02 Å². The minimum atomic E-state index is 0.737. The van der Waals surface area contributed by atoms with E-state index in [1.54, 1.807) is 18.0 Å². The van der Waals surface area contributed by atoms with Crippen molar-refractivity contribution >= 4 is 45.3 Å². The van der Waals surface area contributed by atoms with Gasteiger partial charge in [0.1, 0.15) is 5.65 Å². The number of H-pyrrole nitrogens is 2. The highest BCUT2D eigenvalue weighted by atomic mass is 35.5. The number of nitrogens with one attached hydrogen (secondary N) is 2.